The van der Waals surface area contributed by atoms with Gasteiger partial charge in [0.15, 0.2) is 0 Å². The van der Waals surface area contributed by atoms with Gasteiger partial charge in [0.1, 0.15) is 10.7 Å². The first-order valence-electron chi connectivity index (χ1n) is 10.6. The Hall–Kier alpha value is -3.02. The second-order valence-corrected chi connectivity index (χ2v) is 11.8. The lowest BCUT2D eigenvalue weighted by Gasteiger charge is -2.21. The zero-order valence-electron chi connectivity index (χ0n) is 20.0. The van der Waals surface area contributed by atoms with Gasteiger partial charge in [-0.1, -0.05) is 6.07 Å². The van der Waals surface area contributed by atoms with Gasteiger partial charge in [-0.05, 0) is 65.3 Å². The quantitative estimate of drug-likeness (QED) is 0.411. The summed E-state index contributed by atoms with van der Waals surface area (Å²) in [6, 6.07) is 6.56. The lowest BCUT2D eigenvalue weighted by atomic mass is 10.1. The fourth-order valence-electron chi connectivity index (χ4n) is 3.16. The van der Waals surface area contributed by atoms with E-state index in [0.717, 1.165) is 5.56 Å². The number of rotatable bonds is 6. The van der Waals surface area contributed by atoms with Crippen molar-refractivity contribution >= 4 is 38.8 Å². The summed E-state index contributed by atoms with van der Waals surface area (Å²) in [4.78, 5) is 21.5. The first-order chi connectivity index (χ1) is 15.7. The van der Waals surface area contributed by atoms with E-state index in [0.29, 0.717) is 32.5 Å². The minimum Gasteiger partial charge on any atom is -0.447 e. The number of sulfonamides is 1. The third-order valence-corrected chi connectivity index (χ3v) is 7.21. The van der Waals surface area contributed by atoms with Crippen LogP contribution < -0.4 is 15.8 Å². The van der Waals surface area contributed by atoms with Crippen molar-refractivity contribution in [3.05, 3.63) is 42.2 Å². The number of aryl methyl sites for hydroxylation is 1. The summed E-state index contributed by atoms with van der Waals surface area (Å²) in [5, 5.41) is 3.26. The van der Waals surface area contributed by atoms with Crippen molar-refractivity contribution in [3.63, 3.8) is 0 Å². The molecule has 0 saturated heterocycles. The number of nitrogens with zero attached hydrogens (tertiary/aromatic N) is 2. The van der Waals surface area contributed by atoms with Crippen LogP contribution in [0.15, 0.2) is 41.6 Å². The van der Waals surface area contributed by atoms with Crippen molar-refractivity contribution in [1.29, 1.82) is 0 Å². The van der Waals surface area contributed by atoms with Gasteiger partial charge in [0, 0.05) is 23.0 Å². The largest absolute Gasteiger partial charge is 0.447 e. The summed E-state index contributed by atoms with van der Waals surface area (Å²) < 4.78 is 33.9. The smallest absolute Gasteiger partial charge is 0.411 e. The topological polar surface area (TPSA) is 136 Å². The predicted octanol–water partition coefficient (Wildman–Crippen LogP) is 4.80. The maximum atomic E-state index is 13.1. The summed E-state index contributed by atoms with van der Waals surface area (Å²) in [5.74, 6) is 0. The molecule has 2 heterocycles. The molecule has 0 radical (unpaired) electrons. The van der Waals surface area contributed by atoms with E-state index in [1.54, 1.807) is 59.0 Å². The molecule has 0 aliphatic rings. The number of ether oxygens (including phenoxy) is 1. The molecule has 0 spiro atoms. The normalized spacial score (nSPS) is 12.1. The summed E-state index contributed by atoms with van der Waals surface area (Å²) in [6.07, 6.45) is 2.36. The van der Waals surface area contributed by atoms with Crippen LogP contribution in [0.25, 0.3) is 21.1 Å². The number of carbonyl (C=O) groups excluding carboxylic acids is 1. The molecule has 1 aromatic carbocycles. The number of nitrogens with two attached hydrogens (primary N) is 1. The molecule has 0 fully saturated rings. The average molecular weight is 504 g/mol. The number of nitrogen functional groups attached to an aromatic ring is 1. The van der Waals surface area contributed by atoms with Crippen molar-refractivity contribution in [2.75, 3.05) is 11.1 Å². The molecule has 9 nitrogen and oxygen atoms in total. The number of nitrogens with one attached hydrogen (secondary N) is 2. The predicted molar refractivity (Wildman–Crippen MR) is 135 cm³/mol. The minimum absolute atomic E-state index is 0.0884. The van der Waals surface area contributed by atoms with Gasteiger partial charge in [-0.2, -0.15) is 0 Å². The Morgan fingerprint density at radius 3 is 2.47 bits per heavy atom. The first kappa shape index (κ1) is 25.6. The highest BCUT2D eigenvalue weighted by molar-refractivity contribution is 7.89. The zero-order chi connectivity index (χ0) is 25.3. The Labute approximate surface area is 203 Å². The SMILES string of the molecule is Cc1cc(NC(=O)OC(C)C)cnc1-c1ncc(-c2ccc(N)cc2S(=O)(=O)NC(C)(C)C)s1. The third-order valence-electron chi connectivity index (χ3n) is 4.38. The molecule has 3 rings (SSSR count). The molecule has 1 amide bonds. The highest BCUT2D eigenvalue weighted by Gasteiger charge is 2.26. The number of anilines is 2. The van der Waals surface area contributed by atoms with E-state index in [9.17, 15) is 13.2 Å². The van der Waals surface area contributed by atoms with E-state index in [4.69, 9.17) is 10.5 Å². The molecule has 34 heavy (non-hydrogen) atoms. The number of hydrogen-bond acceptors (Lipinski definition) is 8. The molecular weight excluding hydrogens is 474 g/mol. The number of aromatic nitrogens is 2. The zero-order valence-corrected chi connectivity index (χ0v) is 21.6. The van der Waals surface area contributed by atoms with E-state index < -0.39 is 21.7 Å². The Balaban J connectivity index is 1.94. The third kappa shape index (κ3) is 6.31. The molecule has 11 heteroatoms. The van der Waals surface area contributed by atoms with Crippen molar-refractivity contribution < 1.29 is 17.9 Å². The number of hydrogen-bond donors (Lipinski definition) is 3. The molecule has 0 aliphatic carbocycles. The molecule has 2 aromatic heterocycles. The summed E-state index contributed by atoms with van der Waals surface area (Å²) in [6.45, 7) is 10.7. The van der Waals surface area contributed by atoms with E-state index in [1.807, 2.05) is 6.92 Å². The minimum atomic E-state index is -3.83. The molecule has 0 atom stereocenters. The Kier molecular flexibility index (Phi) is 7.29. The van der Waals surface area contributed by atoms with Crippen LogP contribution >= 0.6 is 11.3 Å². The average Bonchev–Trinajstić information content (AvgIpc) is 3.15. The standard InChI is InChI=1S/C23H29N5O4S2/c1-13(2)32-22(29)27-16-9-14(3)20(25-11-16)21-26-12-18(33-21)17-8-7-15(24)10-19(17)34(30,31)28-23(4,5)6/h7-13,28H,24H2,1-6H3,(H,27,29). The lowest BCUT2D eigenvalue weighted by Crippen LogP contribution is -2.40. The van der Waals surface area contributed by atoms with Crippen LogP contribution in [0.3, 0.4) is 0 Å². The molecule has 0 unspecified atom stereocenters. The van der Waals surface area contributed by atoms with Gasteiger partial charge in [0.05, 0.1) is 27.8 Å². The number of carbonyl (C=O) groups is 1. The number of thiazole rings is 1. The van der Waals surface area contributed by atoms with Crippen molar-refractivity contribution in [2.45, 2.75) is 58.1 Å². The fraction of sp³-hybridized carbons (Fsp3) is 0.348. The van der Waals surface area contributed by atoms with Gasteiger partial charge in [0.2, 0.25) is 10.0 Å². The second kappa shape index (κ2) is 9.69. The van der Waals surface area contributed by atoms with E-state index in [1.165, 1.54) is 23.6 Å². The first-order valence-corrected chi connectivity index (χ1v) is 12.9. The van der Waals surface area contributed by atoms with E-state index in [2.05, 4.69) is 20.0 Å². The summed E-state index contributed by atoms with van der Waals surface area (Å²) in [5.41, 5.74) is 8.03. The molecule has 0 saturated carbocycles. The van der Waals surface area contributed by atoms with E-state index in [-0.39, 0.29) is 11.0 Å². The van der Waals surface area contributed by atoms with Crippen LogP contribution in [0.4, 0.5) is 16.2 Å². The summed E-state index contributed by atoms with van der Waals surface area (Å²) >= 11 is 1.32. The maximum absolute atomic E-state index is 13.1. The second-order valence-electron chi connectivity index (χ2n) is 9.11. The fourth-order valence-corrected chi connectivity index (χ4v) is 5.92. The van der Waals surface area contributed by atoms with Crippen LogP contribution in [-0.2, 0) is 14.8 Å². The number of benzene rings is 1. The van der Waals surface area contributed by atoms with Gasteiger partial charge in [-0.3, -0.25) is 10.3 Å². The van der Waals surface area contributed by atoms with Crippen LogP contribution in [0.5, 0.6) is 0 Å². The number of amides is 1. The van der Waals surface area contributed by atoms with Crippen LogP contribution in [0.2, 0.25) is 0 Å². The van der Waals surface area contributed by atoms with E-state index >= 15 is 0 Å². The molecule has 182 valence electrons. The molecule has 0 bridgehead atoms. The van der Waals surface area contributed by atoms with Crippen molar-refractivity contribution in [3.8, 4) is 21.1 Å². The lowest BCUT2D eigenvalue weighted by molar-refractivity contribution is 0.130. The van der Waals surface area contributed by atoms with Gasteiger partial charge in [0.25, 0.3) is 0 Å². The Morgan fingerprint density at radius 2 is 1.85 bits per heavy atom. The highest BCUT2D eigenvalue weighted by atomic mass is 32.2. The monoisotopic (exact) mass is 503 g/mol. The molecular formula is C23H29N5O4S2. The molecule has 3 aromatic rings. The Morgan fingerprint density at radius 1 is 1.15 bits per heavy atom. The van der Waals surface area contributed by atoms with Crippen molar-refractivity contribution in [1.82, 2.24) is 14.7 Å². The number of pyridine rings is 1. The van der Waals surface area contributed by atoms with Gasteiger partial charge >= 0.3 is 6.09 Å². The molecule has 4 N–H and O–H groups in total. The maximum Gasteiger partial charge on any atom is 0.411 e. The van der Waals surface area contributed by atoms with Gasteiger partial charge < -0.3 is 10.5 Å². The van der Waals surface area contributed by atoms with Crippen LogP contribution in [0, 0.1) is 6.92 Å². The summed E-state index contributed by atoms with van der Waals surface area (Å²) in [7, 11) is -3.83. The Bertz CT molecular complexity index is 1310. The van der Waals surface area contributed by atoms with Crippen molar-refractivity contribution in [2.24, 2.45) is 0 Å². The van der Waals surface area contributed by atoms with Crippen LogP contribution in [0.1, 0.15) is 40.2 Å². The van der Waals surface area contributed by atoms with Gasteiger partial charge in [-0.25, -0.2) is 22.9 Å². The molecule has 0 aliphatic heterocycles. The van der Waals surface area contributed by atoms with Crippen LogP contribution in [-0.4, -0.2) is 36.1 Å². The highest BCUT2D eigenvalue weighted by Crippen LogP contribution is 2.37. The van der Waals surface area contributed by atoms with Gasteiger partial charge in [-0.15, -0.1) is 11.3 Å².